The quantitative estimate of drug-likeness (QED) is 0.219. The summed E-state index contributed by atoms with van der Waals surface area (Å²) in [5.41, 5.74) is 5.96. The van der Waals surface area contributed by atoms with Crippen molar-refractivity contribution in [3.63, 3.8) is 0 Å². The fourth-order valence-electron chi connectivity index (χ4n) is 7.29. The van der Waals surface area contributed by atoms with Crippen LogP contribution in [0.4, 0.5) is 17.6 Å². The molecule has 0 atom stereocenters. The monoisotopic (exact) mass is 660 g/mol. The van der Waals surface area contributed by atoms with Gasteiger partial charge in [0.05, 0.1) is 5.69 Å². The lowest BCUT2D eigenvalue weighted by Gasteiger charge is -2.35. The Kier molecular flexibility index (Phi) is 10.1. The maximum absolute atomic E-state index is 13.5. The average Bonchev–Trinajstić information content (AvgIpc) is 3.17. The van der Waals surface area contributed by atoms with E-state index < -0.39 is 0 Å². The molecule has 0 radical (unpaired) electrons. The van der Waals surface area contributed by atoms with E-state index in [1.807, 2.05) is 59.8 Å². The fraction of sp³-hybridized carbons (Fsp3) is 0.421. The van der Waals surface area contributed by atoms with Crippen molar-refractivity contribution in [1.29, 1.82) is 0 Å². The number of benzene rings is 2. The molecule has 2 aromatic carbocycles. The molecule has 2 fully saturated rings. The van der Waals surface area contributed by atoms with E-state index >= 15 is 0 Å². The smallest absolute Gasteiger partial charge is 0.251 e. The highest BCUT2D eigenvalue weighted by molar-refractivity contribution is 5.96. The number of nitrogens with zero attached hydrogens (tertiary/aromatic N) is 6. The molecule has 0 unspecified atom stereocenters. The Labute approximate surface area is 287 Å². The number of nitrogens with one attached hydrogen (secondary N) is 2. The van der Waals surface area contributed by atoms with Gasteiger partial charge < -0.3 is 25.5 Å². The molecule has 2 aliphatic heterocycles. The van der Waals surface area contributed by atoms with Crippen molar-refractivity contribution in [3.8, 4) is 11.3 Å². The van der Waals surface area contributed by atoms with Crippen LogP contribution >= 0.6 is 0 Å². The van der Waals surface area contributed by atoms with Gasteiger partial charge in [0.15, 0.2) is 0 Å². The molecule has 0 bridgehead atoms. The van der Waals surface area contributed by atoms with Gasteiger partial charge in [-0.1, -0.05) is 24.3 Å². The minimum atomic E-state index is -0.155. The first-order valence-corrected chi connectivity index (χ1v) is 17.6. The van der Waals surface area contributed by atoms with E-state index in [4.69, 9.17) is 4.98 Å². The van der Waals surface area contributed by atoms with Crippen LogP contribution in [0.2, 0.25) is 0 Å². The van der Waals surface area contributed by atoms with E-state index in [9.17, 15) is 14.7 Å². The molecule has 1 aliphatic carbocycles. The summed E-state index contributed by atoms with van der Waals surface area (Å²) in [6.45, 7) is 3.65. The topological polar surface area (TPSA) is 136 Å². The standard InChI is InChI=1S/C38H44N8O3/c47-25-26-10-12-29(13-11-26)36(49)46-19-15-28-7-5-9-32(33(28)24-46)35(48)40-21-27-6-4-8-31(20-27)43-37-39-16-14-34(44-37)30-22-41-38(42-23-30)45-17-2-1-3-18-45/h4-9,14,16,20,22-23,26,29,47H,1-3,10-13,15,17-19,21,24-25H2,(H,40,48)(H,39,43,44). The Morgan fingerprint density at radius 1 is 0.898 bits per heavy atom. The first-order valence-electron chi connectivity index (χ1n) is 17.6. The summed E-state index contributed by atoms with van der Waals surface area (Å²) in [5, 5.41) is 15.9. The van der Waals surface area contributed by atoms with Crippen LogP contribution in [0.1, 0.15) is 72.0 Å². The third-order valence-corrected chi connectivity index (χ3v) is 10.1. The van der Waals surface area contributed by atoms with Crippen LogP contribution < -0.4 is 15.5 Å². The van der Waals surface area contributed by atoms with Crippen LogP contribution in [0.15, 0.2) is 67.1 Å². The van der Waals surface area contributed by atoms with Crippen molar-refractivity contribution in [2.45, 2.75) is 64.5 Å². The summed E-state index contributed by atoms with van der Waals surface area (Å²) in [7, 11) is 0. The molecule has 3 aliphatic rings. The number of aromatic nitrogens is 4. The van der Waals surface area contributed by atoms with E-state index in [1.54, 1.807) is 6.20 Å². The molecule has 7 rings (SSSR count). The number of aliphatic hydroxyl groups excluding tert-OH is 1. The van der Waals surface area contributed by atoms with Crippen LogP contribution in [-0.2, 0) is 24.3 Å². The number of aliphatic hydroxyl groups is 1. The normalized spacial score (nSPS) is 19.2. The van der Waals surface area contributed by atoms with Gasteiger partial charge in [0.1, 0.15) is 0 Å². The van der Waals surface area contributed by atoms with E-state index in [-0.39, 0.29) is 24.3 Å². The van der Waals surface area contributed by atoms with Gasteiger partial charge in [-0.25, -0.2) is 19.9 Å². The maximum Gasteiger partial charge on any atom is 0.251 e. The predicted octanol–water partition coefficient (Wildman–Crippen LogP) is 5.28. The van der Waals surface area contributed by atoms with E-state index in [1.165, 1.54) is 19.3 Å². The Morgan fingerprint density at radius 3 is 2.49 bits per heavy atom. The lowest BCUT2D eigenvalue weighted by atomic mass is 9.81. The minimum absolute atomic E-state index is 0.00369. The van der Waals surface area contributed by atoms with Crippen molar-refractivity contribution in [1.82, 2.24) is 30.2 Å². The summed E-state index contributed by atoms with van der Waals surface area (Å²) in [6, 6.07) is 15.5. The van der Waals surface area contributed by atoms with Gasteiger partial charge in [0.2, 0.25) is 17.8 Å². The third-order valence-electron chi connectivity index (χ3n) is 10.1. The molecule has 11 nitrogen and oxygen atoms in total. The molecule has 11 heteroatoms. The predicted molar refractivity (Wildman–Crippen MR) is 188 cm³/mol. The first kappa shape index (κ1) is 32.6. The van der Waals surface area contributed by atoms with Gasteiger partial charge in [-0.15, -0.1) is 0 Å². The number of carbonyl (C=O) groups is 2. The summed E-state index contributed by atoms with van der Waals surface area (Å²) in [4.78, 5) is 49.4. The molecule has 1 saturated carbocycles. The summed E-state index contributed by atoms with van der Waals surface area (Å²) < 4.78 is 0. The minimum Gasteiger partial charge on any atom is -0.396 e. The van der Waals surface area contributed by atoms with Crippen molar-refractivity contribution >= 4 is 29.4 Å². The molecule has 2 amide bonds. The zero-order chi connectivity index (χ0) is 33.6. The summed E-state index contributed by atoms with van der Waals surface area (Å²) >= 11 is 0. The Bertz CT molecular complexity index is 1770. The van der Waals surface area contributed by atoms with Crippen LogP contribution in [0, 0.1) is 11.8 Å². The molecule has 49 heavy (non-hydrogen) atoms. The van der Waals surface area contributed by atoms with Crippen molar-refractivity contribution < 1.29 is 14.7 Å². The molecule has 0 spiro atoms. The summed E-state index contributed by atoms with van der Waals surface area (Å²) in [6.07, 6.45) is 13.1. The van der Waals surface area contributed by atoms with E-state index in [0.29, 0.717) is 37.1 Å². The lowest BCUT2D eigenvalue weighted by Crippen LogP contribution is -2.41. The number of hydrogen-bond donors (Lipinski definition) is 3. The Balaban J connectivity index is 0.969. The number of fused-ring (bicyclic) bond motifs is 1. The molecule has 4 heterocycles. The molecule has 2 aromatic heterocycles. The molecule has 3 N–H and O–H groups in total. The first-order chi connectivity index (χ1) is 24.0. The fourth-order valence-corrected chi connectivity index (χ4v) is 7.29. The maximum atomic E-state index is 13.5. The van der Waals surface area contributed by atoms with Gasteiger partial charge >= 0.3 is 0 Å². The number of anilines is 3. The number of carbonyl (C=O) groups excluding carboxylic acids is 2. The second-order valence-corrected chi connectivity index (χ2v) is 13.4. The van der Waals surface area contributed by atoms with Crippen molar-refractivity contribution in [2.75, 3.05) is 36.5 Å². The van der Waals surface area contributed by atoms with Gasteiger partial charge in [0, 0.05) is 80.7 Å². The van der Waals surface area contributed by atoms with Crippen LogP contribution in [-0.4, -0.2) is 68.0 Å². The largest absolute Gasteiger partial charge is 0.396 e. The van der Waals surface area contributed by atoms with Gasteiger partial charge in [-0.05, 0) is 98.2 Å². The highest BCUT2D eigenvalue weighted by Crippen LogP contribution is 2.32. The average molecular weight is 661 g/mol. The van der Waals surface area contributed by atoms with Crippen molar-refractivity contribution in [2.24, 2.45) is 11.8 Å². The Hall–Kier alpha value is -4.90. The van der Waals surface area contributed by atoms with Crippen molar-refractivity contribution in [3.05, 3.63) is 89.4 Å². The Morgan fingerprint density at radius 2 is 1.69 bits per heavy atom. The second kappa shape index (κ2) is 15.1. The van der Waals surface area contributed by atoms with Crippen LogP contribution in [0.3, 0.4) is 0 Å². The molecule has 254 valence electrons. The van der Waals surface area contributed by atoms with Gasteiger partial charge in [0.25, 0.3) is 5.91 Å². The van der Waals surface area contributed by atoms with E-state index in [0.717, 1.165) is 84.8 Å². The summed E-state index contributed by atoms with van der Waals surface area (Å²) in [5.74, 6) is 1.55. The highest BCUT2D eigenvalue weighted by Gasteiger charge is 2.32. The van der Waals surface area contributed by atoms with E-state index in [2.05, 4.69) is 36.6 Å². The SMILES string of the molecule is O=C(NCc1cccc(Nc2nccc(-c3cnc(N4CCCCC4)nc3)n2)c1)c1cccc2c1CN(C(=O)C1CCC(CO)CC1)CC2. The molecular weight excluding hydrogens is 616 g/mol. The molecule has 4 aromatic rings. The number of rotatable bonds is 9. The highest BCUT2D eigenvalue weighted by atomic mass is 16.3. The molecule has 1 saturated heterocycles. The lowest BCUT2D eigenvalue weighted by molar-refractivity contribution is -0.138. The second-order valence-electron chi connectivity index (χ2n) is 13.4. The van der Waals surface area contributed by atoms with Crippen LogP contribution in [0.25, 0.3) is 11.3 Å². The molecular formula is C38H44N8O3. The zero-order valence-corrected chi connectivity index (χ0v) is 27.9. The van der Waals surface area contributed by atoms with Crippen LogP contribution in [0.5, 0.6) is 0 Å². The third kappa shape index (κ3) is 7.72. The van der Waals surface area contributed by atoms with Gasteiger partial charge in [-0.2, -0.15) is 0 Å². The number of amides is 2. The van der Waals surface area contributed by atoms with Gasteiger partial charge in [-0.3, -0.25) is 9.59 Å². The number of hydrogen-bond acceptors (Lipinski definition) is 9. The zero-order valence-electron chi connectivity index (χ0n) is 27.9. The number of piperidine rings is 1.